The van der Waals surface area contributed by atoms with Crippen molar-refractivity contribution in [3.05, 3.63) is 0 Å². The molecule has 0 aromatic heterocycles. The number of carbonyl (C=O) groups excluding carboxylic acids is 1. The maximum Gasteiger partial charge on any atom is 0.326 e. The minimum Gasteiger partial charge on any atom is -0.480 e. The first kappa shape index (κ1) is 17.1. The summed E-state index contributed by atoms with van der Waals surface area (Å²) in [7, 11) is 1.71. The van der Waals surface area contributed by atoms with Crippen LogP contribution in [0.3, 0.4) is 0 Å². The number of carboxylic acids is 1. The van der Waals surface area contributed by atoms with Crippen LogP contribution in [0.4, 0.5) is 4.79 Å². The SMILES string of the molecule is CCC(CSC)N(C)C(=O)N[C@@H](C(=O)O)C(C)C. The van der Waals surface area contributed by atoms with Crippen molar-refractivity contribution in [3.8, 4) is 0 Å². The van der Waals surface area contributed by atoms with E-state index >= 15 is 0 Å². The summed E-state index contributed by atoms with van der Waals surface area (Å²) in [6.45, 7) is 5.57. The average molecular weight is 276 g/mol. The summed E-state index contributed by atoms with van der Waals surface area (Å²) in [6, 6.07) is -1.04. The van der Waals surface area contributed by atoms with Gasteiger partial charge in [-0.25, -0.2) is 9.59 Å². The number of carboxylic acid groups (broad SMARTS) is 1. The van der Waals surface area contributed by atoms with Crippen molar-refractivity contribution in [2.45, 2.75) is 39.3 Å². The fourth-order valence-electron chi connectivity index (χ4n) is 1.61. The fourth-order valence-corrected chi connectivity index (χ4v) is 2.45. The number of nitrogens with zero attached hydrogens (tertiary/aromatic N) is 1. The molecule has 0 heterocycles. The van der Waals surface area contributed by atoms with Crippen molar-refractivity contribution in [2.75, 3.05) is 19.1 Å². The molecule has 0 aromatic carbocycles. The van der Waals surface area contributed by atoms with Gasteiger partial charge in [0.15, 0.2) is 0 Å². The molecule has 0 aliphatic heterocycles. The maximum absolute atomic E-state index is 12.0. The Hall–Kier alpha value is -0.910. The number of nitrogens with one attached hydrogen (secondary N) is 1. The Morgan fingerprint density at radius 3 is 2.28 bits per heavy atom. The second-order valence-electron chi connectivity index (χ2n) is 4.64. The number of rotatable bonds is 7. The lowest BCUT2D eigenvalue weighted by Gasteiger charge is -2.29. The van der Waals surface area contributed by atoms with Crippen LogP contribution in [0.5, 0.6) is 0 Å². The van der Waals surface area contributed by atoms with Gasteiger partial charge in [-0.15, -0.1) is 0 Å². The summed E-state index contributed by atoms with van der Waals surface area (Å²) in [5.74, 6) is -0.287. The van der Waals surface area contributed by atoms with Crippen LogP contribution in [0.25, 0.3) is 0 Å². The summed E-state index contributed by atoms with van der Waals surface area (Å²) in [5, 5.41) is 11.6. The van der Waals surface area contributed by atoms with Crippen molar-refractivity contribution in [2.24, 2.45) is 5.92 Å². The molecule has 2 amide bonds. The zero-order chi connectivity index (χ0) is 14.3. The summed E-state index contributed by atoms with van der Waals surface area (Å²) in [6.07, 6.45) is 2.84. The molecular formula is C12H24N2O3S. The van der Waals surface area contributed by atoms with E-state index in [1.165, 1.54) is 0 Å². The molecule has 0 aromatic rings. The van der Waals surface area contributed by atoms with Crippen LogP contribution < -0.4 is 5.32 Å². The molecule has 0 radical (unpaired) electrons. The third-order valence-corrected chi connectivity index (χ3v) is 3.63. The van der Waals surface area contributed by atoms with E-state index in [2.05, 4.69) is 5.32 Å². The Morgan fingerprint density at radius 1 is 1.39 bits per heavy atom. The van der Waals surface area contributed by atoms with Gasteiger partial charge in [0.05, 0.1) is 0 Å². The number of hydrogen-bond donors (Lipinski definition) is 2. The molecule has 106 valence electrons. The van der Waals surface area contributed by atoms with E-state index < -0.39 is 12.0 Å². The van der Waals surface area contributed by atoms with E-state index in [0.29, 0.717) is 0 Å². The molecule has 18 heavy (non-hydrogen) atoms. The van der Waals surface area contributed by atoms with E-state index in [9.17, 15) is 9.59 Å². The summed E-state index contributed by atoms with van der Waals surface area (Å²) < 4.78 is 0. The molecule has 1 unspecified atom stereocenters. The van der Waals surface area contributed by atoms with E-state index in [1.54, 1.807) is 37.6 Å². The van der Waals surface area contributed by atoms with Crippen molar-refractivity contribution in [1.82, 2.24) is 10.2 Å². The van der Waals surface area contributed by atoms with Crippen LogP contribution in [0.1, 0.15) is 27.2 Å². The highest BCUT2D eigenvalue weighted by Gasteiger charge is 2.26. The molecule has 2 N–H and O–H groups in total. The van der Waals surface area contributed by atoms with Crippen LogP contribution in [-0.4, -0.2) is 53.1 Å². The Bertz CT molecular complexity index is 284. The van der Waals surface area contributed by atoms with Gasteiger partial charge < -0.3 is 15.3 Å². The molecule has 0 fully saturated rings. The van der Waals surface area contributed by atoms with Crippen LogP contribution in [-0.2, 0) is 4.79 Å². The van der Waals surface area contributed by atoms with Crippen LogP contribution in [0.2, 0.25) is 0 Å². The van der Waals surface area contributed by atoms with E-state index in [-0.39, 0.29) is 18.0 Å². The van der Waals surface area contributed by atoms with Gasteiger partial charge >= 0.3 is 12.0 Å². The van der Waals surface area contributed by atoms with Crippen molar-refractivity contribution in [1.29, 1.82) is 0 Å². The molecule has 2 atom stereocenters. The van der Waals surface area contributed by atoms with E-state index in [4.69, 9.17) is 5.11 Å². The Balaban J connectivity index is 4.58. The van der Waals surface area contributed by atoms with Gasteiger partial charge in [-0.2, -0.15) is 11.8 Å². The molecule has 0 bridgehead atoms. The van der Waals surface area contributed by atoms with Gasteiger partial charge in [-0.3, -0.25) is 0 Å². The number of hydrogen-bond acceptors (Lipinski definition) is 3. The minimum atomic E-state index is -0.996. The van der Waals surface area contributed by atoms with Crippen LogP contribution in [0, 0.1) is 5.92 Å². The van der Waals surface area contributed by atoms with Crippen molar-refractivity contribution < 1.29 is 14.7 Å². The monoisotopic (exact) mass is 276 g/mol. The summed E-state index contributed by atoms with van der Waals surface area (Å²) in [4.78, 5) is 24.6. The predicted molar refractivity (Wildman–Crippen MR) is 75.0 cm³/mol. The maximum atomic E-state index is 12.0. The number of thioether (sulfide) groups is 1. The minimum absolute atomic E-state index is 0.126. The number of carbonyl (C=O) groups is 2. The molecule has 0 rings (SSSR count). The van der Waals surface area contributed by atoms with Gasteiger partial charge in [0, 0.05) is 18.8 Å². The number of urea groups is 1. The van der Waals surface area contributed by atoms with Gasteiger partial charge in [-0.05, 0) is 18.6 Å². The molecule has 0 saturated carbocycles. The zero-order valence-corrected chi connectivity index (χ0v) is 12.6. The van der Waals surface area contributed by atoms with Crippen molar-refractivity contribution in [3.63, 3.8) is 0 Å². The Kier molecular flexibility index (Phi) is 7.82. The largest absolute Gasteiger partial charge is 0.480 e. The Morgan fingerprint density at radius 2 is 1.94 bits per heavy atom. The van der Waals surface area contributed by atoms with Gasteiger partial charge in [0.1, 0.15) is 6.04 Å². The zero-order valence-electron chi connectivity index (χ0n) is 11.8. The molecule has 0 aliphatic rings. The molecule has 0 spiro atoms. The van der Waals surface area contributed by atoms with Gasteiger partial charge in [0.2, 0.25) is 0 Å². The van der Waals surface area contributed by atoms with Gasteiger partial charge in [0.25, 0.3) is 0 Å². The van der Waals surface area contributed by atoms with E-state index in [1.807, 2.05) is 13.2 Å². The fraction of sp³-hybridized carbons (Fsp3) is 0.833. The third-order valence-electron chi connectivity index (χ3n) is 2.91. The normalized spacial score (nSPS) is 14.1. The highest BCUT2D eigenvalue weighted by molar-refractivity contribution is 7.98. The van der Waals surface area contributed by atoms with Crippen LogP contribution in [0.15, 0.2) is 0 Å². The van der Waals surface area contributed by atoms with Crippen molar-refractivity contribution >= 4 is 23.8 Å². The highest BCUT2D eigenvalue weighted by Crippen LogP contribution is 2.09. The van der Waals surface area contributed by atoms with Crippen LogP contribution >= 0.6 is 11.8 Å². The topological polar surface area (TPSA) is 69.6 Å². The quantitative estimate of drug-likeness (QED) is 0.745. The second-order valence-corrected chi connectivity index (χ2v) is 5.55. The second kappa shape index (κ2) is 8.24. The summed E-state index contributed by atoms with van der Waals surface area (Å²) in [5.41, 5.74) is 0. The lowest BCUT2D eigenvalue weighted by Crippen LogP contribution is -2.52. The summed E-state index contributed by atoms with van der Waals surface area (Å²) >= 11 is 1.67. The average Bonchev–Trinajstić information content (AvgIpc) is 2.30. The molecular weight excluding hydrogens is 252 g/mol. The Labute approximate surface area is 113 Å². The molecule has 6 heteroatoms. The van der Waals surface area contributed by atoms with Gasteiger partial charge in [-0.1, -0.05) is 20.8 Å². The lowest BCUT2D eigenvalue weighted by molar-refractivity contribution is -0.140. The highest BCUT2D eigenvalue weighted by atomic mass is 32.2. The first-order chi connectivity index (χ1) is 8.34. The molecule has 0 saturated heterocycles. The standard InChI is InChI=1S/C12H24N2O3S/c1-6-9(7-18-5)14(4)12(17)13-10(8(2)3)11(15)16/h8-10H,6-7H2,1-5H3,(H,13,17)(H,15,16)/t9?,10-/m1/s1. The number of aliphatic carboxylic acids is 1. The first-order valence-corrected chi connectivity index (χ1v) is 7.49. The molecule has 5 nitrogen and oxygen atoms in total. The lowest BCUT2D eigenvalue weighted by atomic mass is 10.1. The smallest absolute Gasteiger partial charge is 0.326 e. The predicted octanol–water partition coefficient (Wildman–Crippen LogP) is 1.88. The third kappa shape index (κ3) is 5.16. The van der Waals surface area contributed by atoms with E-state index in [0.717, 1.165) is 12.2 Å². The first-order valence-electron chi connectivity index (χ1n) is 6.10. The molecule has 0 aliphatic carbocycles. The number of amides is 2.